The standard InChI is InChI=1S/C25H21N3O3Se2/c26-17-18(10-12-24-28(15-16-29)20-6-2-4-8-22(20)33-24)9-11-23-27(14-13-25(30)31)19-5-1-3-7-21(19)32-23/h1-12,29H,13-16H2/p+1. The van der Waals surface area contributed by atoms with E-state index in [1.807, 2.05) is 53.5 Å². The van der Waals surface area contributed by atoms with Gasteiger partial charge in [0, 0.05) is 0 Å². The van der Waals surface area contributed by atoms with Gasteiger partial charge in [-0.2, -0.15) is 0 Å². The van der Waals surface area contributed by atoms with Gasteiger partial charge in [-0.15, -0.1) is 0 Å². The van der Waals surface area contributed by atoms with Crippen LogP contribution >= 0.6 is 0 Å². The number of aliphatic hydroxyl groups excluding tert-OH is 1. The Bertz CT molecular complexity index is 1320. The Balaban J connectivity index is 1.61. The zero-order valence-electron chi connectivity index (χ0n) is 17.7. The summed E-state index contributed by atoms with van der Waals surface area (Å²) >= 11 is 0.171. The van der Waals surface area contributed by atoms with E-state index in [9.17, 15) is 15.2 Å². The van der Waals surface area contributed by atoms with Crippen molar-refractivity contribution < 1.29 is 19.6 Å². The first-order chi connectivity index (χ1) is 16.1. The predicted molar refractivity (Wildman–Crippen MR) is 130 cm³/mol. The Morgan fingerprint density at radius 2 is 1.97 bits per heavy atom. The minimum absolute atomic E-state index is 0.0537. The normalized spacial score (nSPS) is 14.8. The molecule has 0 saturated carbocycles. The number of para-hydroxylation sites is 2. The Morgan fingerprint density at radius 3 is 2.76 bits per heavy atom. The van der Waals surface area contributed by atoms with Crippen LogP contribution in [0.5, 0.6) is 0 Å². The number of hydrogen-bond acceptors (Lipinski definition) is 4. The van der Waals surface area contributed by atoms with Gasteiger partial charge in [-0.1, -0.05) is 0 Å². The molecule has 2 heterocycles. The second kappa shape index (κ2) is 10.8. The van der Waals surface area contributed by atoms with Crippen molar-refractivity contribution in [3.8, 4) is 6.07 Å². The zero-order chi connectivity index (χ0) is 23.2. The van der Waals surface area contributed by atoms with Gasteiger partial charge in [-0.05, 0) is 0 Å². The number of aliphatic hydroxyl groups is 1. The van der Waals surface area contributed by atoms with Gasteiger partial charge in [0.25, 0.3) is 0 Å². The fraction of sp³-hybridized carbons (Fsp3) is 0.160. The quantitative estimate of drug-likeness (QED) is 0.187. The molecule has 0 fully saturated rings. The van der Waals surface area contributed by atoms with Gasteiger partial charge >= 0.3 is 205 Å². The van der Waals surface area contributed by atoms with Crippen LogP contribution in [0.25, 0.3) is 15.9 Å². The molecular formula is C25H22N3O3Se2+. The Labute approximate surface area is 204 Å². The summed E-state index contributed by atoms with van der Waals surface area (Å²) in [6.45, 7) is 0.983. The summed E-state index contributed by atoms with van der Waals surface area (Å²) in [6, 6.07) is 18.5. The summed E-state index contributed by atoms with van der Waals surface area (Å²) < 4.78 is 6.74. The molecule has 0 saturated heterocycles. The van der Waals surface area contributed by atoms with E-state index in [0.717, 1.165) is 20.4 Å². The van der Waals surface area contributed by atoms with Crippen LogP contribution in [0.3, 0.4) is 0 Å². The second-order valence-corrected chi connectivity index (χ2v) is 11.7. The first-order valence-corrected chi connectivity index (χ1v) is 13.8. The van der Waals surface area contributed by atoms with E-state index in [1.54, 1.807) is 6.08 Å². The van der Waals surface area contributed by atoms with Crippen LogP contribution in [-0.4, -0.2) is 58.8 Å². The fourth-order valence-corrected chi connectivity index (χ4v) is 8.15. The van der Waals surface area contributed by atoms with E-state index in [-0.39, 0.29) is 42.5 Å². The van der Waals surface area contributed by atoms with Crippen LogP contribution in [0.15, 0.2) is 76.9 Å². The maximum atomic E-state index is 11.1. The van der Waals surface area contributed by atoms with E-state index in [4.69, 9.17) is 5.11 Å². The summed E-state index contributed by atoms with van der Waals surface area (Å²) in [7, 11) is 0. The molecule has 0 aliphatic carbocycles. The van der Waals surface area contributed by atoms with Crippen LogP contribution in [0, 0.1) is 11.3 Å². The first-order valence-electron chi connectivity index (χ1n) is 10.4. The van der Waals surface area contributed by atoms with Crippen molar-refractivity contribution >= 4 is 61.4 Å². The topological polar surface area (TPSA) is 88.4 Å². The number of aliphatic carboxylic acids is 1. The molecule has 2 aromatic carbocycles. The molecule has 0 bridgehead atoms. The Hall–Kier alpha value is -2.91. The van der Waals surface area contributed by atoms with E-state index >= 15 is 0 Å². The molecule has 0 spiro atoms. The third-order valence-electron chi connectivity index (χ3n) is 5.09. The molecule has 3 aromatic rings. The van der Waals surface area contributed by atoms with Gasteiger partial charge in [0.2, 0.25) is 0 Å². The Kier molecular flexibility index (Phi) is 7.61. The van der Waals surface area contributed by atoms with E-state index in [1.165, 1.54) is 8.72 Å². The molecule has 1 aliphatic rings. The third kappa shape index (κ3) is 5.36. The molecule has 1 aromatic heterocycles. The molecule has 166 valence electrons. The molecule has 1 aliphatic heterocycles. The number of rotatable bonds is 8. The number of hydrogen-bond donors (Lipinski definition) is 2. The number of carboxylic acid groups (broad SMARTS) is 1. The summed E-state index contributed by atoms with van der Waals surface area (Å²) in [5, 5.41) is 28.3. The molecule has 8 heteroatoms. The van der Waals surface area contributed by atoms with Crippen molar-refractivity contribution in [2.24, 2.45) is 0 Å². The second-order valence-electron chi connectivity index (χ2n) is 7.22. The van der Waals surface area contributed by atoms with Crippen LogP contribution < -0.4 is 13.9 Å². The van der Waals surface area contributed by atoms with Crippen molar-refractivity contribution in [1.29, 1.82) is 5.26 Å². The number of aromatic nitrogens is 1. The molecular weight excluding hydrogens is 548 g/mol. The summed E-state index contributed by atoms with van der Waals surface area (Å²) in [4.78, 5) is 13.2. The number of anilines is 1. The number of fused-ring (bicyclic) bond motifs is 2. The van der Waals surface area contributed by atoms with Crippen molar-refractivity contribution in [1.82, 2.24) is 0 Å². The number of allylic oxidation sites excluding steroid dienone is 4. The number of benzene rings is 2. The fourth-order valence-electron chi connectivity index (χ4n) is 3.57. The minimum atomic E-state index is -0.827. The van der Waals surface area contributed by atoms with Crippen LogP contribution in [0.2, 0.25) is 0 Å². The molecule has 2 N–H and O–H groups in total. The van der Waals surface area contributed by atoms with Crippen molar-refractivity contribution in [3.05, 3.63) is 81.5 Å². The molecule has 33 heavy (non-hydrogen) atoms. The molecule has 6 nitrogen and oxygen atoms in total. The van der Waals surface area contributed by atoms with Crippen LogP contribution in [0.4, 0.5) is 5.69 Å². The van der Waals surface area contributed by atoms with Gasteiger partial charge in [-0.25, -0.2) is 0 Å². The average Bonchev–Trinajstić information content (AvgIpc) is 3.36. The monoisotopic (exact) mass is 572 g/mol. The molecule has 4 rings (SSSR count). The van der Waals surface area contributed by atoms with Crippen molar-refractivity contribution in [2.75, 3.05) is 18.1 Å². The van der Waals surface area contributed by atoms with Gasteiger partial charge in [0.15, 0.2) is 0 Å². The summed E-state index contributed by atoms with van der Waals surface area (Å²) in [5.41, 5.74) is 2.70. The van der Waals surface area contributed by atoms with Crippen molar-refractivity contribution in [2.45, 2.75) is 13.0 Å². The number of carbonyl (C=O) groups is 1. The third-order valence-corrected chi connectivity index (χ3v) is 9.83. The van der Waals surface area contributed by atoms with E-state index in [2.05, 4.69) is 28.8 Å². The number of nitrogens with zero attached hydrogens (tertiary/aromatic N) is 3. The SMILES string of the molecule is N#CC(=C\C=C1/[Se]c2ccccc2N1CCC(=O)O)/C=C/c1[se]c2ccccc2[n+]1CCO. The summed E-state index contributed by atoms with van der Waals surface area (Å²) in [6.07, 6.45) is 7.59. The maximum absolute atomic E-state index is 11.1. The number of carboxylic acids is 1. The average molecular weight is 570 g/mol. The van der Waals surface area contributed by atoms with Gasteiger partial charge in [0.1, 0.15) is 0 Å². The molecule has 0 atom stereocenters. The van der Waals surface area contributed by atoms with Crippen LogP contribution in [0.1, 0.15) is 11.0 Å². The first kappa shape index (κ1) is 23.3. The molecule has 0 amide bonds. The van der Waals surface area contributed by atoms with Gasteiger partial charge in [-0.3, -0.25) is 0 Å². The predicted octanol–water partition coefficient (Wildman–Crippen LogP) is 1.81. The van der Waals surface area contributed by atoms with Gasteiger partial charge < -0.3 is 0 Å². The van der Waals surface area contributed by atoms with Crippen molar-refractivity contribution in [3.63, 3.8) is 0 Å². The molecule has 0 unspecified atom stereocenters. The Morgan fingerprint density at radius 1 is 1.18 bits per heavy atom. The molecule has 0 radical (unpaired) electrons. The van der Waals surface area contributed by atoms with E-state index < -0.39 is 5.97 Å². The van der Waals surface area contributed by atoms with Crippen LogP contribution in [-0.2, 0) is 11.3 Å². The number of nitriles is 1. The van der Waals surface area contributed by atoms with Gasteiger partial charge in [0.05, 0.1) is 0 Å². The summed E-state index contributed by atoms with van der Waals surface area (Å²) in [5.74, 6) is -0.827. The zero-order valence-corrected chi connectivity index (χ0v) is 21.1. The van der Waals surface area contributed by atoms with E-state index in [0.29, 0.717) is 18.7 Å².